The topological polar surface area (TPSA) is 38.0 Å². The van der Waals surface area contributed by atoms with Crippen LogP contribution in [-0.2, 0) is 13.5 Å². The number of aromatic hydroxyl groups is 1. The zero-order chi connectivity index (χ0) is 8.43. The highest BCUT2D eigenvalue weighted by Gasteiger charge is 2.09. The molecular weight excluding hydrogens is 140 g/mol. The summed E-state index contributed by atoms with van der Waals surface area (Å²) < 4.78 is 1.68. The normalized spacial score (nSPS) is 10.5. The molecule has 1 heterocycles. The number of aromatic nitrogens is 2. The van der Waals surface area contributed by atoms with E-state index in [1.165, 1.54) is 0 Å². The Morgan fingerprint density at radius 1 is 1.64 bits per heavy atom. The van der Waals surface area contributed by atoms with Gasteiger partial charge in [-0.3, -0.25) is 4.68 Å². The van der Waals surface area contributed by atoms with Crippen molar-refractivity contribution >= 4 is 0 Å². The van der Waals surface area contributed by atoms with Gasteiger partial charge in [-0.2, -0.15) is 5.10 Å². The number of rotatable bonds is 2. The Balaban J connectivity index is 2.98. The predicted octanol–water partition coefficient (Wildman–Crippen LogP) is 1.20. The molecule has 1 N–H and O–H groups in total. The highest BCUT2D eigenvalue weighted by Crippen LogP contribution is 2.20. The SMILES string of the molecule is [CH2]CCc1nn(C)c(C)c1O. The maximum atomic E-state index is 9.44. The molecule has 0 unspecified atom stereocenters. The van der Waals surface area contributed by atoms with E-state index in [2.05, 4.69) is 12.0 Å². The summed E-state index contributed by atoms with van der Waals surface area (Å²) in [6.07, 6.45) is 1.51. The summed E-state index contributed by atoms with van der Waals surface area (Å²) in [6, 6.07) is 0. The van der Waals surface area contributed by atoms with Gasteiger partial charge in [0.15, 0.2) is 5.75 Å². The number of hydrogen-bond acceptors (Lipinski definition) is 2. The lowest BCUT2D eigenvalue weighted by Crippen LogP contribution is -1.93. The van der Waals surface area contributed by atoms with Gasteiger partial charge in [0, 0.05) is 7.05 Å². The first kappa shape index (κ1) is 8.11. The van der Waals surface area contributed by atoms with Crippen molar-refractivity contribution in [2.75, 3.05) is 0 Å². The second-order valence-electron chi connectivity index (χ2n) is 2.61. The molecule has 1 aromatic heterocycles. The minimum atomic E-state index is 0.316. The molecule has 1 aromatic rings. The van der Waals surface area contributed by atoms with Crippen LogP contribution in [0.2, 0.25) is 0 Å². The molecule has 0 aliphatic carbocycles. The van der Waals surface area contributed by atoms with Gasteiger partial charge in [-0.1, -0.05) is 6.92 Å². The van der Waals surface area contributed by atoms with Gasteiger partial charge in [0.25, 0.3) is 0 Å². The van der Waals surface area contributed by atoms with Crippen LogP contribution < -0.4 is 0 Å². The third-order valence-electron chi connectivity index (χ3n) is 1.79. The Labute approximate surface area is 66.7 Å². The highest BCUT2D eigenvalue weighted by atomic mass is 16.3. The minimum absolute atomic E-state index is 0.316. The second kappa shape index (κ2) is 2.95. The van der Waals surface area contributed by atoms with Gasteiger partial charge in [-0.15, -0.1) is 0 Å². The van der Waals surface area contributed by atoms with Gasteiger partial charge in [-0.25, -0.2) is 0 Å². The summed E-state index contributed by atoms with van der Waals surface area (Å²) in [5.74, 6) is 0.316. The standard InChI is InChI=1S/C8H13N2O/c1-4-5-7-8(11)6(2)10(3)9-7/h11H,1,4-5H2,2-3H3. The minimum Gasteiger partial charge on any atom is -0.504 e. The van der Waals surface area contributed by atoms with Crippen molar-refractivity contribution < 1.29 is 5.11 Å². The zero-order valence-electron chi connectivity index (χ0n) is 6.96. The van der Waals surface area contributed by atoms with Gasteiger partial charge in [0.05, 0.1) is 5.69 Å². The van der Waals surface area contributed by atoms with Crippen LogP contribution in [0, 0.1) is 13.8 Å². The smallest absolute Gasteiger partial charge is 0.159 e. The van der Waals surface area contributed by atoms with Crippen molar-refractivity contribution in [1.82, 2.24) is 9.78 Å². The lowest BCUT2D eigenvalue weighted by atomic mass is 10.2. The molecule has 3 nitrogen and oxygen atoms in total. The van der Waals surface area contributed by atoms with Crippen LogP contribution in [0.15, 0.2) is 0 Å². The zero-order valence-corrected chi connectivity index (χ0v) is 6.96. The summed E-state index contributed by atoms with van der Waals surface area (Å²) in [5, 5.41) is 13.6. The highest BCUT2D eigenvalue weighted by molar-refractivity contribution is 5.31. The van der Waals surface area contributed by atoms with E-state index in [0.717, 1.165) is 24.2 Å². The van der Waals surface area contributed by atoms with Crippen molar-refractivity contribution in [2.24, 2.45) is 7.05 Å². The Hall–Kier alpha value is -0.990. The fourth-order valence-electron chi connectivity index (χ4n) is 1.00. The lowest BCUT2D eigenvalue weighted by Gasteiger charge is -1.91. The van der Waals surface area contributed by atoms with E-state index in [4.69, 9.17) is 0 Å². The van der Waals surface area contributed by atoms with E-state index in [1.807, 2.05) is 14.0 Å². The molecular formula is C8H13N2O. The van der Waals surface area contributed by atoms with Crippen molar-refractivity contribution in [3.05, 3.63) is 18.3 Å². The molecule has 61 valence electrons. The fourth-order valence-corrected chi connectivity index (χ4v) is 1.00. The maximum absolute atomic E-state index is 9.44. The molecule has 0 atom stereocenters. The summed E-state index contributed by atoms with van der Waals surface area (Å²) in [6.45, 7) is 5.54. The Morgan fingerprint density at radius 3 is 2.64 bits per heavy atom. The third kappa shape index (κ3) is 1.37. The van der Waals surface area contributed by atoms with Crippen LogP contribution in [0.1, 0.15) is 17.8 Å². The largest absolute Gasteiger partial charge is 0.504 e. The van der Waals surface area contributed by atoms with E-state index < -0.39 is 0 Å². The van der Waals surface area contributed by atoms with E-state index in [0.29, 0.717) is 5.75 Å². The molecule has 0 bridgehead atoms. The molecule has 0 aliphatic heterocycles. The van der Waals surface area contributed by atoms with Crippen LogP contribution in [-0.4, -0.2) is 14.9 Å². The van der Waals surface area contributed by atoms with Crippen molar-refractivity contribution in [2.45, 2.75) is 19.8 Å². The Kier molecular flexibility index (Phi) is 2.17. The molecule has 0 aromatic carbocycles. The average Bonchev–Trinajstić information content (AvgIpc) is 2.19. The van der Waals surface area contributed by atoms with Gasteiger partial charge >= 0.3 is 0 Å². The molecule has 11 heavy (non-hydrogen) atoms. The molecule has 3 heteroatoms. The van der Waals surface area contributed by atoms with Crippen LogP contribution in [0.4, 0.5) is 0 Å². The molecule has 0 spiro atoms. The molecule has 0 saturated heterocycles. The average molecular weight is 153 g/mol. The van der Waals surface area contributed by atoms with Crippen LogP contribution in [0.25, 0.3) is 0 Å². The van der Waals surface area contributed by atoms with E-state index >= 15 is 0 Å². The molecule has 0 amide bonds. The summed E-state index contributed by atoms with van der Waals surface area (Å²) in [5.41, 5.74) is 1.56. The number of aryl methyl sites for hydroxylation is 2. The summed E-state index contributed by atoms with van der Waals surface area (Å²) in [4.78, 5) is 0. The van der Waals surface area contributed by atoms with Gasteiger partial charge in [0.1, 0.15) is 5.69 Å². The van der Waals surface area contributed by atoms with Crippen molar-refractivity contribution in [3.63, 3.8) is 0 Å². The maximum Gasteiger partial charge on any atom is 0.159 e. The Morgan fingerprint density at radius 2 is 2.27 bits per heavy atom. The summed E-state index contributed by atoms with van der Waals surface area (Å²) in [7, 11) is 1.82. The molecule has 0 aliphatic rings. The first-order valence-corrected chi connectivity index (χ1v) is 3.67. The van der Waals surface area contributed by atoms with E-state index in [-0.39, 0.29) is 0 Å². The first-order valence-electron chi connectivity index (χ1n) is 3.67. The molecule has 0 fully saturated rings. The molecule has 1 radical (unpaired) electrons. The number of hydrogen-bond donors (Lipinski definition) is 1. The first-order chi connectivity index (χ1) is 5.16. The summed E-state index contributed by atoms with van der Waals surface area (Å²) >= 11 is 0. The third-order valence-corrected chi connectivity index (χ3v) is 1.79. The van der Waals surface area contributed by atoms with Gasteiger partial charge in [0.2, 0.25) is 0 Å². The van der Waals surface area contributed by atoms with E-state index in [9.17, 15) is 5.11 Å². The van der Waals surface area contributed by atoms with Gasteiger partial charge in [-0.05, 0) is 19.8 Å². The van der Waals surface area contributed by atoms with Crippen LogP contribution in [0.3, 0.4) is 0 Å². The quantitative estimate of drug-likeness (QED) is 0.693. The second-order valence-corrected chi connectivity index (χ2v) is 2.61. The predicted molar refractivity (Wildman–Crippen MR) is 43.3 cm³/mol. The monoisotopic (exact) mass is 153 g/mol. The van der Waals surface area contributed by atoms with Crippen LogP contribution >= 0.6 is 0 Å². The Bertz CT molecular complexity index is 253. The van der Waals surface area contributed by atoms with Crippen molar-refractivity contribution in [3.8, 4) is 5.75 Å². The number of nitrogens with zero attached hydrogens (tertiary/aromatic N) is 2. The van der Waals surface area contributed by atoms with Crippen molar-refractivity contribution in [1.29, 1.82) is 0 Å². The fraction of sp³-hybridized carbons (Fsp3) is 0.500. The van der Waals surface area contributed by atoms with Gasteiger partial charge < -0.3 is 5.11 Å². The lowest BCUT2D eigenvalue weighted by molar-refractivity contribution is 0.463. The van der Waals surface area contributed by atoms with E-state index in [1.54, 1.807) is 4.68 Å². The molecule has 1 rings (SSSR count). The molecule has 0 saturated carbocycles. The van der Waals surface area contributed by atoms with Crippen LogP contribution in [0.5, 0.6) is 5.75 Å².